The molecule has 2 aromatic rings. The second-order valence-electron chi connectivity index (χ2n) is 19.6. The summed E-state index contributed by atoms with van der Waals surface area (Å²) in [4.78, 5) is 96.4. The fraction of sp³-hybridized carbons (Fsp3) is 0.558. The van der Waals surface area contributed by atoms with Gasteiger partial charge >= 0.3 is 18.0 Å². The van der Waals surface area contributed by atoms with Gasteiger partial charge in [0.15, 0.2) is 5.72 Å². The molecule has 4 heterocycles. The minimum Gasteiger partial charge on any atom is -0.496 e. The molecule has 0 spiro atoms. The van der Waals surface area contributed by atoms with Gasteiger partial charge in [0.05, 0.1) is 41.9 Å². The first-order valence-corrected chi connectivity index (χ1v) is 27.0. The van der Waals surface area contributed by atoms with Crippen LogP contribution < -0.4 is 20.3 Å². The SMILES string of the molecule is COc1cc2cc(c1-c1ccc(NC(=O)CCC(C)SSC(C)CCC(=O)ON3C(=O)CCC3=O)c(Cl)c1)N(C)C(=O)C[C@H](OC(=O)C(C)C)[C@]1(C)O[C@H]1[C@H](C)[C@@H]1C[C@@](O)(NC(=O)O1)[C@H](OC)/C=C/C=C(\C)C2. The first kappa shape index (κ1) is 57.2. The van der Waals surface area contributed by atoms with E-state index in [9.17, 15) is 38.7 Å². The van der Waals surface area contributed by atoms with Crippen molar-refractivity contribution in [1.82, 2.24) is 10.4 Å². The van der Waals surface area contributed by atoms with Gasteiger partial charge in [-0.3, -0.25) is 29.3 Å². The Bertz CT molecular complexity index is 2490. The number of epoxide rings is 1. The number of hydrogen-bond acceptors (Lipinski definition) is 16. The molecule has 4 aliphatic heterocycles. The fourth-order valence-corrected chi connectivity index (χ4v) is 11.7. The van der Waals surface area contributed by atoms with Gasteiger partial charge in [0, 0.05) is 68.2 Å². The third kappa shape index (κ3) is 14.2. The van der Waals surface area contributed by atoms with E-state index in [0.717, 1.165) is 11.1 Å². The van der Waals surface area contributed by atoms with Crippen LogP contribution in [0.3, 0.4) is 0 Å². The smallest absolute Gasteiger partial charge is 0.409 e. The number of anilines is 2. The highest BCUT2D eigenvalue weighted by Crippen LogP contribution is 2.50. The molecule has 0 aromatic heterocycles. The van der Waals surface area contributed by atoms with Crippen LogP contribution in [-0.2, 0) is 59.0 Å². The van der Waals surface area contributed by atoms with Crippen LogP contribution in [0, 0.1) is 11.8 Å². The van der Waals surface area contributed by atoms with E-state index in [2.05, 4.69) is 10.6 Å². The van der Waals surface area contributed by atoms with Crippen molar-refractivity contribution < 1.29 is 67.2 Å². The van der Waals surface area contributed by atoms with Gasteiger partial charge in [0.2, 0.25) is 11.8 Å². The summed E-state index contributed by atoms with van der Waals surface area (Å²) < 4.78 is 29.8. The molecule has 4 aliphatic rings. The van der Waals surface area contributed by atoms with Crippen LogP contribution in [0.2, 0.25) is 5.02 Å². The number of carbonyl (C=O) groups is 7. The molecule has 18 nitrogen and oxygen atoms in total. The van der Waals surface area contributed by atoms with Crippen molar-refractivity contribution in [2.75, 3.05) is 31.5 Å². The van der Waals surface area contributed by atoms with E-state index in [4.69, 9.17) is 40.1 Å². The number of allylic oxidation sites excluding steroid dienone is 3. The van der Waals surface area contributed by atoms with Gasteiger partial charge in [0.25, 0.3) is 11.8 Å². The molecule has 0 radical (unpaired) electrons. The second-order valence-corrected chi connectivity index (χ2v) is 23.2. The van der Waals surface area contributed by atoms with E-state index in [-0.39, 0.29) is 60.0 Å². The highest BCUT2D eigenvalue weighted by atomic mass is 35.5. The number of esters is 1. The third-order valence-corrected chi connectivity index (χ3v) is 17.2. The van der Waals surface area contributed by atoms with Crippen LogP contribution >= 0.6 is 33.2 Å². The largest absolute Gasteiger partial charge is 0.496 e. The van der Waals surface area contributed by atoms with E-state index < -0.39 is 83.3 Å². The van der Waals surface area contributed by atoms with Crippen molar-refractivity contribution in [3.63, 3.8) is 0 Å². The Morgan fingerprint density at radius 1 is 0.986 bits per heavy atom. The van der Waals surface area contributed by atoms with Crippen molar-refractivity contribution in [3.05, 3.63) is 64.7 Å². The number of carbonyl (C=O) groups excluding carboxylic acids is 7. The van der Waals surface area contributed by atoms with Crippen molar-refractivity contribution in [1.29, 1.82) is 0 Å². The van der Waals surface area contributed by atoms with Crippen molar-refractivity contribution in [3.8, 4) is 16.9 Å². The van der Waals surface area contributed by atoms with Crippen LogP contribution in [0.5, 0.6) is 5.75 Å². The number of halogens is 1. The van der Waals surface area contributed by atoms with Crippen LogP contribution in [-0.4, -0.2) is 119 Å². The van der Waals surface area contributed by atoms with E-state index >= 15 is 0 Å². The number of nitrogens with zero attached hydrogens (tertiary/aromatic N) is 2. The lowest BCUT2D eigenvalue weighted by Gasteiger charge is -2.42. The Kier molecular flexibility index (Phi) is 19.2. The lowest BCUT2D eigenvalue weighted by atomic mass is 9.83. The van der Waals surface area contributed by atoms with Crippen molar-refractivity contribution in [2.45, 2.75) is 152 Å². The molecule has 2 aromatic carbocycles. The molecule has 73 heavy (non-hydrogen) atoms. The molecular formula is C52H67ClN4O14S2. The van der Waals surface area contributed by atoms with Gasteiger partial charge < -0.3 is 43.8 Å². The normalized spacial score (nSPS) is 27.5. The average Bonchev–Trinajstić information content (AvgIpc) is 3.94. The number of rotatable bonds is 16. The van der Waals surface area contributed by atoms with Gasteiger partial charge in [-0.05, 0) is 68.5 Å². The van der Waals surface area contributed by atoms with Gasteiger partial charge in [-0.2, -0.15) is 0 Å². The molecule has 398 valence electrons. The average molecular weight is 1070 g/mol. The van der Waals surface area contributed by atoms with E-state index in [1.807, 2.05) is 45.9 Å². The van der Waals surface area contributed by atoms with Gasteiger partial charge in [0.1, 0.15) is 29.7 Å². The third-order valence-electron chi connectivity index (χ3n) is 13.4. The number of benzene rings is 2. The summed E-state index contributed by atoms with van der Waals surface area (Å²) >= 11 is 6.92. The topological polar surface area (TPSA) is 229 Å². The second kappa shape index (κ2) is 24.5. The monoisotopic (exact) mass is 1070 g/mol. The maximum atomic E-state index is 14.7. The number of aliphatic hydroxyl groups is 1. The van der Waals surface area contributed by atoms with Crippen LogP contribution in [0.1, 0.15) is 105 Å². The molecule has 5 amide bonds. The first-order chi connectivity index (χ1) is 34.5. The molecular weight excluding hydrogens is 1000 g/mol. The molecule has 3 fully saturated rings. The summed E-state index contributed by atoms with van der Waals surface area (Å²) in [6, 6.07) is 8.92. The van der Waals surface area contributed by atoms with E-state index in [1.165, 1.54) is 19.1 Å². The molecule has 9 atom stereocenters. The number of methoxy groups -OCH3 is 2. The summed E-state index contributed by atoms with van der Waals surface area (Å²) in [7, 11) is 7.76. The van der Waals surface area contributed by atoms with Crippen LogP contribution in [0.15, 0.2) is 54.1 Å². The number of nitrogens with one attached hydrogen (secondary N) is 2. The van der Waals surface area contributed by atoms with Crippen molar-refractivity contribution >= 4 is 86.2 Å². The van der Waals surface area contributed by atoms with E-state index in [1.54, 1.807) is 79.8 Å². The maximum Gasteiger partial charge on any atom is 0.409 e. The fourth-order valence-electron chi connectivity index (χ4n) is 8.95. The highest BCUT2D eigenvalue weighted by Gasteiger charge is 2.64. The van der Waals surface area contributed by atoms with Crippen LogP contribution in [0.25, 0.3) is 11.1 Å². The van der Waals surface area contributed by atoms with Gasteiger partial charge in [-0.15, -0.1) is 5.06 Å². The summed E-state index contributed by atoms with van der Waals surface area (Å²) in [6.07, 6.45) is 2.35. The van der Waals surface area contributed by atoms with Gasteiger partial charge in [-0.1, -0.05) is 97.7 Å². The minimum absolute atomic E-state index is 0.0343. The molecule has 3 N–H and O–H groups in total. The number of ether oxygens (including phenoxy) is 5. The van der Waals surface area contributed by atoms with Gasteiger partial charge in [-0.25, -0.2) is 9.59 Å². The van der Waals surface area contributed by atoms with Crippen molar-refractivity contribution in [2.24, 2.45) is 11.8 Å². The summed E-state index contributed by atoms with van der Waals surface area (Å²) in [5.74, 6) is -3.46. The maximum absolute atomic E-state index is 14.7. The Labute approximate surface area is 439 Å². The highest BCUT2D eigenvalue weighted by molar-refractivity contribution is 8.77. The zero-order valence-electron chi connectivity index (χ0n) is 42.9. The lowest BCUT2D eigenvalue weighted by Crippen LogP contribution is -2.63. The number of alkyl carbamates (subject to hydrolysis) is 1. The Hall–Kier alpha value is -5.12. The Balaban J connectivity index is 1.21. The quantitative estimate of drug-likeness (QED) is 0.0622. The van der Waals surface area contributed by atoms with Crippen LogP contribution in [0.4, 0.5) is 16.2 Å². The summed E-state index contributed by atoms with van der Waals surface area (Å²) in [5.41, 5.74) is 0.652. The predicted molar refractivity (Wildman–Crippen MR) is 277 cm³/mol. The Morgan fingerprint density at radius 3 is 2.29 bits per heavy atom. The minimum atomic E-state index is -1.84. The molecule has 0 saturated carbocycles. The summed E-state index contributed by atoms with van der Waals surface area (Å²) in [6.45, 7) is 12.9. The lowest BCUT2D eigenvalue weighted by molar-refractivity contribution is -0.197. The predicted octanol–water partition coefficient (Wildman–Crippen LogP) is 8.26. The van der Waals surface area contributed by atoms with E-state index in [0.29, 0.717) is 52.6 Å². The molecule has 4 bridgehead atoms. The summed E-state index contributed by atoms with van der Waals surface area (Å²) in [5, 5.41) is 18.2. The number of hydrogen-bond donors (Lipinski definition) is 3. The Morgan fingerprint density at radius 2 is 1.66 bits per heavy atom. The number of fused-ring (bicyclic) bond motifs is 5. The zero-order valence-corrected chi connectivity index (χ0v) is 45.3. The molecule has 6 rings (SSSR count). The molecule has 3 saturated heterocycles. The molecule has 0 aliphatic carbocycles. The number of amides is 5. The standard InChI is InChI=1S/C52H67ClN4O14S2/c1-28(2)49(63)69-41-26-45(61)56(8)37-23-33(22-29(3)12-11-13-40(67-10)52(65)27-39(68-50(64)55-52)32(6)48-51(41,7)70-48)24-38(66-9)47(37)34-16-17-36(35(53)25-34)54-42(58)18-14-30(4)72-73-31(5)15-21-46(62)71-57-43(59)19-20-44(57)60/h11-13,16-17,23-25,28,30-32,39-41,48,65H,14-15,18-22,26-27H2,1-10H3,(H,54,58)(H,55,64)/b13-11+,29-12+/t30?,31?,32-,39+,40-,41+,48+,51+,52+/m1/s1. The molecule has 21 heteroatoms. The molecule has 2 unspecified atom stereocenters. The first-order valence-electron chi connectivity index (χ1n) is 24.4. The number of imide groups is 1. The number of hydroxylamine groups is 2. The zero-order chi connectivity index (χ0) is 53.5.